The fourth-order valence-corrected chi connectivity index (χ4v) is 6.60. The van der Waals surface area contributed by atoms with Gasteiger partial charge in [-0.15, -0.1) is 0 Å². The number of likely N-dealkylation sites (N-methyl/N-ethyl adjacent to an activating group) is 1. The van der Waals surface area contributed by atoms with E-state index in [1.165, 1.54) is 43.8 Å². The van der Waals surface area contributed by atoms with Crippen LogP contribution in [0.2, 0.25) is 0 Å². The molecule has 0 amide bonds. The van der Waals surface area contributed by atoms with Crippen molar-refractivity contribution in [1.82, 2.24) is 14.9 Å². The Kier molecular flexibility index (Phi) is 6.88. The van der Waals surface area contributed by atoms with Crippen LogP contribution < -0.4 is 0 Å². The molecule has 4 aromatic carbocycles. The molecule has 2 aromatic heterocycles. The van der Waals surface area contributed by atoms with E-state index in [-0.39, 0.29) is 6.04 Å². The van der Waals surface area contributed by atoms with Crippen LogP contribution in [-0.4, -0.2) is 28.1 Å². The second-order valence-corrected chi connectivity index (χ2v) is 11.6. The Morgan fingerprint density at radius 3 is 2.02 bits per heavy atom. The molecule has 6 aromatic rings. The van der Waals surface area contributed by atoms with Gasteiger partial charge in [-0.05, 0) is 87.1 Å². The number of aliphatic imine (C=N–C) groups is 1. The first kappa shape index (κ1) is 27.0. The molecule has 0 bridgehead atoms. The monoisotopic (exact) mass is 580 g/mol. The fourth-order valence-electron chi connectivity index (χ4n) is 6.60. The molecule has 1 unspecified atom stereocenters. The van der Waals surface area contributed by atoms with Gasteiger partial charge in [0.2, 0.25) is 0 Å². The predicted molar refractivity (Wildman–Crippen MR) is 188 cm³/mol. The lowest BCUT2D eigenvalue weighted by Gasteiger charge is -2.25. The molecular formula is C41H32N4. The van der Waals surface area contributed by atoms with Crippen molar-refractivity contribution >= 4 is 33.5 Å². The van der Waals surface area contributed by atoms with Gasteiger partial charge in [-0.1, -0.05) is 97.1 Å². The zero-order chi connectivity index (χ0) is 30.2. The third-order valence-electron chi connectivity index (χ3n) is 8.85. The molecule has 4 heteroatoms. The summed E-state index contributed by atoms with van der Waals surface area (Å²) in [6.07, 6.45) is 18.6. The molecule has 0 saturated carbocycles. The number of benzene rings is 4. The molecule has 0 saturated heterocycles. The van der Waals surface area contributed by atoms with Gasteiger partial charge in [-0.2, -0.15) is 0 Å². The van der Waals surface area contributed by atoms with E-state index in [4.69, 9.17) is 9.97 Å². The lowest BCUT2D eigenvalue weighted by molar-refractivity contribution is 0.383. The van der Waals surface area contributed by atoms with Crippen LogP contribution in [0.25, 0.3) is 60.6 Å². The van der Waals surface area contributed by atoms with Crippen molar-refractivity contribution in [1.29, 1.82) is 0 Å². The number of pyridine rings is 2. The number of allylic oxidation sites excluding steroid dienone is 3. The highest BCUT2D eigenvalue weighted by Crippen LogP contribution is 2.45. The first-order chi connectivity index (χ1) is 22.2. The predicted octanol–water partition coefficient (Wildman–Crippen LogP) is 10.0. The molecule has 4 nitrogen and oxygen atoms in total. The Hall–Kier alpha value is -5.61. The van der Waals surface area contributed by atoms with Crippen LogP contribution in [0.3, 0.4) is 0 Å². The number of fused-ring (bicyclic) bond motifs is 2. The van der Waals surface area contributed by atoms with Gasteiger partial charge < -0.3 is 4.90 Å². The largest absolute Gasteiger partial charge is 0.368 e. The highest BCUT2D eigenvalue weighted by Gasteiger charge is 2.20. The number of hydrogen-bond donors (Lipinski definition) is 0. The molecule has 0 fully saturated rings. The molecule has 216 valence electrons. The van der Waals surface area contributed by atoms with Crippen molar-refractivity contribution in [2.24, 2.45) is 4.99 Å². The van der Waals surface area contributed by atoms with Crippen molar-refractivity contribution in [3.63, 3.8) is 0 Å². The van der Waals surface area contributed by atoms with E-state index in [9.17, 15) is 0 Å². The minimum absolute atomic E-state index is 0.120. The quantitative estimate of drug-likeness (QED) is 0.191. The van der Waals surface area contributed by atoms with Crippen molar-refractivity contribution in [2.45, 2.75) is 18.9 Å². The Bertz CT molecular complexity index is 2160. The Balaban J connectivity index is 1.35. The Labute approximate surface area is 263 Å². The van der Waals surface area contributed by atoms with Crippen molar-refractivity contribution in [3.05, 3.63) is 151 Å². The summed E-state index contributed by atoms with van der Waals surface area (Å²) in [5, 5.41) is 4.78. The number of aromatic nitrogens is 2. The minimum atomic E-state index is 0.120. The van der Waals surface area contributed by atoms with E-state index >= 15 is 0 Å². The SMILES string of the molecule is CN1C=CC=CC1c1ccc(-c2c3ccccc3c(-c3ccc(C4=CCCC=N4)nc3)c3ccc(-c4ccccc4)cc23)cn1. The van der Waals surface area contributed by atoms with Crippen LogP contribution >= 0.6 is 0 Å². The molecule has 45 heavy (non-hydrogen) atoms. The average molecular weight is 581 g/mol. The van der Waals surface area contributed by atoms with Crippen molar-refractivity contribution in [3.8, 4) is 33.4 Å². The summed E-state index contributed by atoms with van der Waals surface area (Å²) < 4.78 is 0. The van der Waals surface area contributed by atoms with Crippen molar-refractivity contribution in [2.75, 3.05) is 7.05 Å². The van der Waals surface area contributed by atoms with E-state index in [2.05, 4.69) is 145 Å². The number of nitrogens with zero attached hydrogens (tertiary/aromatic N) is 4. The summed E-state index contributed by atoms with van der Waals surface area (Å²) in [6, 6.07) is 35.0. The zero-order valence-corrected chi connectivity index (χ0v) is 25.1. The molecule has 2 aliphatic rings. The smallest absolute Gasteiger partial charge is 0.0891 e. The van der Waals surface area contributed by atoms with Gasteiger partial charge in [0.1, 0.15) is 0 Å². The molecule has 2 aliphatic heterocycles. The van der Waals surface area contributed by atoms with Gasteiger partial charge in [0.05, 0.1) is 23.1 Å². The Morgan fingerprint density at radius 2 is 1.33 bits per heavy atom. The fraction of sp³-hybridized carbons (Fsp3) is 0.0976. The maximum atomic E-state index is 5.00. The first-order valence-corrected chi connectivity index (χ1v) is 15.5. The maximum Gasteiger partial charge on any atom is 0.0891 e. The second kappa shape index (κ2) is 11.5. The van der Waals surface area contributed by atoms with Crippen LogP contribution in [0.4, 0.5) is 0 Å². The summed E-state index contributed by atoms with van der Waals surface area (Å²) in [5.41, 5.74) is 9.85. The number of hydrogen-bond acceptors (Lipinski definition) is 4. The van der Waals surface area contributed by atoms with Crippen LogP contribution in [0.15, 0.2) is 145 Å². The molecule has 8 rings (SSSR count). The van der Waals surface area contributed by atoms with E-state index in [0.717, 1.165) is 41.1 Å². The lowest BCUT2D eigenvalue weighted by Crippen LogP contribution is -2.19. The van der Waals surface area contributed by atoms with Gasteiger partial charge in [0, 0.05) is 36.8 Å². The summed E-state index contributed by atoms with van der Waals surface area (Å²) in [4.78, 5) is 16.7. The van der Waals surface area contributed by atoms with Gasteiger partial charge in [0.25, 0.3) is 0 Å². The molecule has 0 N–H and O–H groups in total. The van der Waals surface area contributed by atoms with Crippen LogP contribution in [0, 0.1) is 0 Å². The first-order valence-electron chi connectivity index (χ1n) is 15.5. The second-order valence-electron chi connectivity index (χ2n) is 11.6. The topological polar surface area (TPSA) is 41.4 Å². The molecular weight excluding hydrogens is 548 g/mol. The van der Waals surface area contributed by atoms with Gasteiger partial charge in [-0.3, -0.25) is 15.0 Å². The van der Waals surface area contributed by atoms with Gasteiger partial charge in [-0.25, -0.2) is 0 Å². The molecule has 0 radical (unpaired) electrons. The minimum Gasteiger partial charge on any atom is -0.368 e. The summed E-state index contributed by atoms with van der Waals surface area (Å²) >= 11 is 0. The van der Waals surface area contributed by atoms with Crippen LogP contribution in [-0.2, 0) is 0 Å². The Morgan fingerprint density at radius 1 is 0.622 bits per heavy atom. The molecule has 1 atom stereocenters. The van der Waals surface area contributed by atoms with Gasteiger partial charge in [0.15, 0.2) is 0 Å². The summed E-state index contributed by atoms with van der Waals surface area (Å²) in [7, 11) is 2.09. The average Bonchev–Trinajstić information content (AvgIpc) is 3.11. The molecule has 0 spiro atoms. The van der Waals surface area contributed by atoms with Crippen molar-refractivity contribution < 1.29 is 0 Å². The third-order valence-corrected chi connectivity index (χ3v) is 8.85. The summed E-state index contributed by atoms with van der Waals surface area (Å²) in [5.74, 6) is 0. The van der Waals surface area contributed by atoms with E-state index in [0.29, 0.717) is 0 Å². The highest BCUT2D eigenvalue weighted by molar-refractivity contribution is 6.21. The molecule has 4 heterocycles. The van der Waals surface area contributed by atoms with E-state index in [1.54, 1.807) is 0 Å². The van der Waals surface area contributed by atoms with Crippen LogP contribution in [0.5, 0.6) is 0 Å². The standard InChI is InChI=1S/C41H32N4/c1-45-24-10-8-16-39(45)38-22-19-31(27-44-38)41-33-14-6-5-13-32(33)40(30-18-21-37(43-26-30)36-15-7-9-23-42-36)34-20-17-29(25-35(34)41)28-11-3-2-4-12-28/h2-6,8,10-27,39H,7,9H2,1H3. The highest BCUT2D eigenvalue weighted by atomic mass is 15.1. The zero-order valence-electron chi connectivity index (χ0n) is 25.1. The van der Waals surface area contributed by atoms with Gasteiger partial charge >= 0.3 is 0 Å². The maximum absolute atomic E-state index is 5.00. The summed E-state index contributed by atoms with van der Waals surface area (Å²) in [6.45, 7) is 0. The van der Waals surface area contributed by atoms with E-state index < -0.39 is 0 Å². The van der Waals surface area contributed by atoms with E-state index in [1.807, 2.05) is 18.6 Å². The number of rotatable bonds is 5. The lowest BCUT2D eigenvalue weighted by atomic mass is 9.85. The van der Waals surface area contributed by atoms with Crippen LogP contribution in [0.1, 0.15) is 30.3 Å². The normalized spacial score (nSPS) is 16.0. The molecule has 0 aliphatic carbocycles. The third kappa shape index (κ3) is 4.95.